The van der Waals surface area contributed by atoms with Crippen LogP contribution in [0, 0.1) is 0 Å². The number of fused-ring (bicyclic) bond motifs is 1. The molecular weight excluding hydrogens is 244 g/mol. The van der Waals surface area contributed by atoms with Gasteiger partial charge < -0.3 is 4.90 Å². The van der Waals surface area contributed by atoms with Gasteiger partial charge in [-0.15, -0.1) is 0 Å². The summed E-state index contributed by atoms with van der Waals surface area (Å²) in [4.78, 5) is 7.17. The van der Waals surface area contributed by atoms with Gasteiger partial charge in [0.2, 0.25) is 0 Å². The van der Waals surface area contributed by atoms with Crippen LogP contribution in [0.2, 0.25) is 0 Å². The molecule has 1 saturated heterocycles. The lowest BCUT2D eigenvalue weighted by atomic mass is 9.84. The highest BCUT2D eigenvalue weighted by atomic mass is 15.2. The molecule has 0 unspecified atom stereocenters. The summed E-state index contributed by atoms with van der Waals surface area (Å²) in [5, 5.41) is 2.59. The lowest BCUT2D eigenvalue weighted by Crippen LogP contribution is -2.27. The maximum absolute atomic E-state index is 4.74. The third-order valence-corrected chi connectivity index (χ3v) is 4.41. The highest BCUT2D eigenvalue weighted by molar-refractivity contribution is 5.87. The minimum absolute atomic E-state index is 0.156. The van der Waals surface area contributed by atoms with Gasteiger partial charge in [0.25, 0.3) is 0 Å². The van der Waals surface area contributed by atoms with E-state index in [0.717, 1.165) is 12.4 Å². The molecule has 1 aromatic carbocycles. The minimum Gasteiger partial charge on any atom is -0.354 e. The molecule has 1 fully saturated rings. The third kappa shape index (κ3) is 2.28. The Morgan fingerprint density at radius 3 is 2.70 bits per heavy atom. The summed E-state index contributed by atoms with van der Waals surface area (Å²) in [5.41, 5.74) is 1.53. The molecule has 0 bridgehead atoms. The van der Waals surface area contributed by atoms with Crippen LogP contribution in [-0.2, 0) is 5.41 Å². The van der Waals surface area contributed by atoms with Gasteiger partial charge in [-0.2, -0.15) is 0 Å². The van der Waals surface area contributed by atoms with Crippen LogP contribution in [0.5, 0.6) is 0 Å². The molecule has 2 nitrogen and oxygen atoms in total. The molecule has 1 aliphatic heterocycles. The van der Waals surface area contributed by atoms with E-state index in [-0.39, 0.29) is 5.41 Å². The number of benzene rings is 1. The fourth-order valence-electron chi connectivity index (χ4n) is 3.24. The van der Waals surface area contributed by atoms with Crippen molar-refractivity contribution in [3.8, 4) is 0 Å². The molecule has 2 heteroatoms. The number of hydrogen-bond acceptors (Lipinski definition) is 2. The molecule has 1 aliphatic rings. The van der Waals surface area contributed by atoms with Crippen LogP contribution in [0.4, 0.5) is 5.82 Å². The number of rotatable bonds is 1. The SMILES string of the molecule is C[C@@H]1CCCN1c1cc2cccc(C(C)(C)C)c2cn1. The van der Waals surface area contributed by atoms with Gasteiger partial charge in [-0.25, -0.2) is 4.98 Å². The Kier molecular flexibility index (Phi) is 3.19. The van der Waals surface area contributed by atoms with Gasteiger partial charge in [0.05, 0.1) is 0 Å². The standard InChI is InChI=1S/C18H24N2/c1-13-7-6-10-20(13)17-11-14-8-5-9-16(18(2,3)4)15(14)12-19-17/h5,8-9,11-13H,6-7,10H2,1-4H3/t13-/m1/s1. The van der Waals surface area contributed by atoms with E-state index in [0.29, 0.717) is 6.04 Å². The van der Waals surface area contributed by atoms with Gasteiger partial charge in [-0.3, -0.25) is 0 Å². The summed E-state index contributed by atoms with van der Waals surface area (Å²) >= 11 is 0. The van der Waals surface area contributed by atoms with Crippen LogP contribution in [0.1, 0.15) is 46.1 Å². The van der Waals surface area contributed by atoms with E-state index >= 15 is 0 Å². The van der Waals surface area contributed by atoms with Crippen molar-refractivity contribution in [1.29, 1.82) is 0 Å². The van der Waals surface area contributed by atoms with Gasteiger partial charge in [0.1, 0.15) is 5.82 Å². The Hall–Kier alpha value is -1.57. The van der Waals surface area contributed by atoms with Crippen LogP contribution in [0.15, 0.2) is 30.5 Å². The maximum Gasteiger partial charge on any atom is 0.129 e. The van der Waals surface area contributed by atoms with E-state index in [9.17, 15) is 0 Å². The minimum atomic E-state index is 0.156. The van der Waals surface area contributed by atoms with E-state index in [1.54, 1.807) is 0 Å². The Morgan fingerprint density at radius 1 is 1.25 bits per heavy atom. The first-order valence-corrected chi connectivity index (χ1v) is 7.63. The van der Waals surface area contributed by atoms with Crippen molar-refractivity contribution in [1.82, 2.24) is 4.98 Å². The fourth-order valence-corrected chi connectivity index (χ4v) is 3.24. The maximum atomic E-state index is 4.74. The lowest BCUT2D eigenvalue weighted by Gasteiger charge is -2.24. The summed E-state index contributed by atoms with van der Waals surface area (Å²) in [6.45, 7) is 10.2. The molecule has 1 aromatic heterocycles. The zero-order valence-electron chi connectivity index (χ0n) is 13.0. The molecule has 2 heterocycles. The average molecular weight is 268 g/mol. The van der Waals surface area contributed by atoms with E-state index in [1.807, 2.05) is 0 Å². The van der Waals surface area contributed by atoms with Crippen LogP contribution < -0.4 is 4.90 Å². The Morgan fingerprint density at radius 2 is 2.05 bits per heavy atom. The Balaban J connectivity index is 2.09. The van der Waals surface area contributed by atoms with Crippen LogP contribution in [0.25, 0.3) is 10.8 Å². The first-order chi connectivity index (χ1) is 9.47. The predicted molar refractivity (Wildman–Crippen MR) is 86.5 cm³/mol. The molecular formula is C18H24N2. The summed E-state index contributed by atoms with van der Waals surface area (Å²) in [5.74, 6) is 1.13. The van der Waals surface area contributed by atoms with Gasteiger partial charge >= 0.3 is 0 Å². The monoisotopic (exact) mass is 268 g/mol. The zero-order valence-corrected chi connectivity index (χ0v) is 13.0. The van der Waals surface area contributed by atoms with Gasteiger partial charge in [-0.05, 0) is 42.2 Å². The average Bonchev–Trinajstić information content (AvgIpc) is 2.82. The molecule has 2 aromatic rings. The molecule has 0 amide bonds. The van der Waals surface area contributed by atoms with Crippen LogP contribution >= 0.6 is 0 Å². The molecule has 0 saturated carbocycles. The zero-order chi connectivity index (χ0) is 14.3. The second kappa shape index (κ2) is 4.76. The first-order valence-electron chi connectivity index (χ1n) is 7.63. The quantitative estimate of drug-likeness (QED) is 0.756. The van der Waals surface area contributed by atoms with Gasteiger partial charge in [0, 0.05) is 24.2 Å². The Labute approximate surface area is 121 Å². The van der Waals surface area contributed by atoms with E-state index in [2.05, 4.69) is 63.1 Å². The number of aromatic nitrogens is 1. The number of hydrogen-bond donors (Lipinski definition) is 0. The first kappa shape index (κ1) is 13.4. The highest BCUT2D eigenvalue weighted by Crippen LogP contribution is 2.32. The molecule has 0 spiro atoms. The molecule has 1 atom stereocenters. The summed E-state index contributed by atoms with van der Waals surface area (Å²) in [7, 11) is 0. The van der Waals surface area contributed by atoms with Crippen molar-refractivity contribution in [2.45, 2.75) is 52.0 Å². The Bertz CT molecular complexity index is 625. The summed E-state index contributed by atoms with van der Waals surface area (Å²) < 4.78 is 0. The summed E-state index contributed by atoms with van der Waals surface area (Å²) in [6.07, 6.45) is 4.63. The lowest BCUT2D eigenvalue weighted by molar-refractivity contribution is 0.596. The van der Waals surface area contributed by atoms with Gasteiger partial charge in [0.15, 0.2) is 0 Å². The molecule has 0 N–H and O–H groups in total. The molecule has 0 aliphatic carbocycles. The number of anilines is 1. The fraction of sp³-hybridized carbons (Fsp3) is 0.500. The van der Waals surface area contributed by atoms with Crippen LogP contribution in [0.3, 0.4) is 0 Å². The van der Waals surface area contributed by atoms with Crippen molar-refractivity contribution in [3.63, 3.8) is 0 Å². The van der Waals surface area contributed by atoms with Gasteiger partial charge in [-0.1, -0.05) is 39.0 Å². The van der Waals surface area contributed by atoms with Crippen molar-refractivity contribution >= 4 is 16.6 Å². The smallest absolute Gasteiger partial charge is 0.129 e. The van der Waals surface area contributed by atoms with Crippen molar-refractivity contribution in [2.24, 2.45) is 0 Å². The third-order valence-electron chi connectivity index (χ3n) is 4.41. The molecule has 20 heavy (non-hydrogen) atoms. The molecule has 0 radical (unpaired) electrons. The number of pyridine rings is 1. The van der Waals surface area contributed by atoms with E-state index < -0.39 is 0 Å². The van der Waals surface area contributed by atoms with Crippen molar-refractivity contribution < 1.29 is 0 Å². The van der Waals surface area contributed by atoms with E-state index in [1.165, 1.54) is 29.2 Å². The normalized spacial score (nSPS) is 19.8. The van der Waals surface area contributed by atoms with Crippen molar-refractivity contribution in [3.05, 3.63) is 36.0 Å². The van der Waals surface area contributed by atoms with E-state index in [4.69, 9.17) is 4.98 Å². The predicted octanol–water partition coefficient (Wildman–Crippen LogP) is 4.52. The van der Waals surface area contributed by atoms with Crippen LogP contribution in [-0.4, -0.2) is 17.6 Å². The van der Waals surface area contributed by atoms with Crippen molar-refractivity contribution in [2.75, 3.05) is 11.4 Å². The number of nitrogens with zero attached hydrogens (tertiary/aromatic N) is 2. The second-order valence-electron chi connectivity index (χ2n) is 7.00. The molecule has 106 valence electrons. The topological polar surface area (TPSA) is 16.1 Å². The summed E-state index contributed by atoms with van der Waals surface area (Å²) in [6, 6.07) is 9.47. The second-order valence-corrected chi connectivity index (χ2v) is 7.00. The highest BCUT2D eigenvalue weighted by Gasteiger charge is 2.22. The largest absolute Gasteiger partial charge is 0.354 e. The molecule has 3 rings (SSSR count).